The second kappa shape index (κ2) is 7.10. The molecule has 0 aliphatic carbocycles. The highest BCUT2D eigenvalue weighted by Gasteiger charge is 2.19. The number of carbonyl (C=O) groups excluding carboxylic acids is 1. The number of nitrogens with one attached hydrogen (secondary N) is 2. The van der Waals surface area contributed by atoms with Crippen LogP contribution in [0.1, 0.15) is 18.5 Å². The van der Waals surface area contributed by atoms with E-state index in [1.807, 2.05) is 24.3 Å². The van der Waals surface area contributed by atoms with Gasteiger partial charge in [0, 0.05) is 4.47 Å². The van der Waals surface area contributed by atoms with Gasteiger partial charge < -0.3 is 20.8 Å². The van der Waals surface area contributed by atoms with E-state index in [2.05, 4.69) is 26.6 Å². The van der Waals surface area contributed by atoms with Gasteiger partial charge in [-0.15, -0.1) is 0 Å². The van der Waals surface area contributed by atoms with Gasteiger partial charge in [-0.05, 0) is 24.6 Å². The first kappa shape index (κ1) is 15.5. The molecule has 7 heteroatoms. The lowest BCUT2D eigenvalue weighted by Crippen LogP contribution is -2.48. The standard InChI is InChI=1S/C12H15BrN2O4/c1-7(8-3-2-4-9(13)5-8)14-12(19)15-10(6-16)11(17)18/h2-5,7,10,16H,6H2,1H3,(H,17,18)(H2,14,15,19)/t7?,10-/m1/s1. The summed E-state index contributed by atoms with van der Waals surface area (Å²) in [5.74, 6) is -1.28. The van der Waals surface area contributed by atoms with E-state index >= 15 is 0 Å². The largest absolute Gasteiger partial charge is 0.480 e. The summed E-state index contributed by atoms with van der Waals surface area (Å²) in [7, 11) is 0. The number of amides is 2. The van der Waals surface area contributed by atoms with Crippen LogP contribution in [0.4, 0.5) is 4.79 Å². The molecule has 1 rings (SSSR count). The van der Waals surface area contributed by atoms with E-state index in [-0.39, 0.29) is 6.04 Å². The van der Waals surface area contributed by atoms with Crippen molar-refractivity contribution in [3.05, 3.63) is 34.3 Å². The lowest BCUT2D eigenvalue weighted by Gasteiger charge is -2.17. The number of benzene rings is 1. The van der Waals surface area contributed by atoms with E-state index in [1.54, 1.807) is 6.92 Å². The molecule has 0 heterocycles. The number of aliphatic hydroxyl groups excluding tert-OH is 1. The third-order valence-corrected chi connectivity index (χ3v) is 2.98. The van der Waals surface area contributed by atoms with E-state index in [0.29, 0.717) is 0 Å². The van der Waals surface area contributed by atoms with E-state index in [4.69, 9.17) is 10.2 Å². The van der Waals surface area contributed by atoms with Gasteiger partial charge in [0.2, 0.25) is 0 Å². The lowest BCUT2D eigenvalue weighted by atomic mass is 10.1. The fourth-order valence-electron chi connectivity index (χ4n) is 1.44. The Hall–Kier alpha value is -1.60. The molecule has 0 aromatic heterocycles. The predicted molar refractivity (Wildman–Crippen MR) is 72.7 cm³/mol. The van der Waals surface area contributed by atoms with Crippen LogP contribution < -0.4 is 10.6 Å². The number of urea groups is 1. The van der Waals surface area contributed by atoms with Crippen LogP contribution in [0.5, 0.6) is 0 Å². The maximum absolute atomic E-state index is 11.6. The van der Waals surface area contributed by atoms with Crippen molar-refractivity contribution in [3.8, 4) is 0 Å². The van der Waals surface area contributed by atoms with Gasteiger partial charge in [-0.3, -0.25) is 0 Å². The first-order valence-corrected chi connectivity index (χ1v) is 6.39. The zero-order valence-electron chi connectivity index (χ0n) is 10.3. The molecule has 2 amide bonds. The number of hydrogen-bond acceptors (Lipinski definition) is 3. The summed E-state index contributed by atoms with van der Waals surface area (Å²) in [5, 5.41) is 22.3. The molecule has 1 aromatic carbocycles. The monoisotopic (exact) mass is 330 g/mol. The number of aliphatic hydroxyl groups is 1. The fraction of sp³-hybridized carbons (Fsp3) is 0.333. The summed E-state index contributed by atoms with van der Waals surface area (Å²) < 4.78 is 0.887. The van der Waals surface area contributed by atoms with Crippen molar-refractivity contribution in [1.82, 2.24) is 10.6 Å². The molecule has 104 valence electrons. The van der Waals surface area contributed by atoms with Gasteiger partial charge in [-0.2, -0.15) is 0 Å². The molecule has 0 aliphatic rings. The quantitative estimate of drug-likeness (QED) is 0.653. The molecule has 0 aliphatic heterocycles. The number of carboxylic acid groups (broad SMARTS) is 1. The Balaban J connectivity index is 2.59. The molecule has 0 radical (unpaired) electrons. The number of halogens is 1. The number of carboxylic acids is 1. The van der Waals surface area contributed by atoms with Crippen LogP contribution in [0.15, 0.2) is 28.7 Å². The minimum Gasteiger partial charge on any atom is -0.480 e. The Morgan fingerprint density at radius 2 is 2.05 bits per heavy atom. The van der Waals surface area contributed by atoms with Gasteiger partial charge >= 0.3 is 12.0 Å². The van der Waals surface area contributed by atoms with Crippen molar-refractivity contribution in [1.29, 1.82) is 0 Å². The van der Waals surface area contributed by atoms with Gasteiger partial charge in [0.25, 0.3) is 0 Å². The molecule has 1 unspecified atom stereocenters. The van der Waals surface area contributed by atoms with Gasteiger partial charge in [-0.25, -0.2) is 9.59 Å². The number of rotatable bonds is 5. The molecule has 6 nitrogen and oxygen atoms in total. The van der Waals surface area contributed by atoms with Gasteiger partial charge in [0.1, 0.15) is 0 Å². The predicted octanol–water partition coefficient (Wildman–Crippen LogP) is 1.25. The topological polar surface area (TPSA) is 98.7 Å². The molecule has 4 N–H and O–H groups in total. The van der Waals surface area contributed by atoms with E-state index in [9.17, 15) is 9.59 Å². The van der Waals surface area contributed by atoms with Gasteiger partial charge in [0.15, 0.2) is 6.04 Å². The maximum Gasteiger partial charge on any atom is 0.328 e. The van der Waals surface area contributed by atoms with Crippen molar-refractivity contribution in [2.24, 2.45) is 0 Å². The van der Waals surface area contributed by atoms with Crippen molar-refractivity contribution >= 4 is 27.9 Å². The average Bonchev–Trinajstić information content (AvgIpc) is 2.35. The maximum atomic E-state index is 11.6. The minimum atomic E-state index is -1.31. The summed E-state index contributed by atoms with van der Waals surface area (Å²) in [6, 6.07) is 5.16. The smallest absolute Gasteiger partial charge is 0.328 e. The van der Waals surface area contributed by atoms with Crippen LogP contribution >= 0.6 is 15.9 Å². The highest BCUT2D eigenvalue weighted by molar-refractivity contribution is 9.10. The molecule has 0 saturated carbocycles. The number of aliphatic carboxylic acids is 1. The van der Waals surface area contributed by atoms with Crippen LogP contribution in [-0.2, 0) is 4.79 Å². The molecular formula is C12H15BrN2O4. The highest BCUT2D eigenvalue weighted by Crippen LogP contribution is 2.17. The van der Waals surface area contributed by atoms with Gasteiger partial charge in [0.05, 0.1) is 12.6 Å². The molecule has 0 bridgehead atoms. The second-order valence-electron chi connectivity index (χ2n) is 3.97. The van der Waals surface area contributed by atoms with Crippen molar-refractivity contribution < 1.29 is 19.8 Å². The minimum absolute atomic E-state index is 0.286. The Kier molecular flexibility index (Phi) is 5.78. The average molecular weight is 331 g/mol. The second-order valence-corrected chi connectivity index (χ2v) is 4.88. The fourth-order valence-corrected chi connectivity index (χ4v) is 1.86. The summed E-state index contributed by atoms with van der Waals surface area (Å²) in [5.41, 5.74) is 0.875. The molecule has 0 fully saturated rings. The Labute approximate surface area is 118 Å². The molecule has 0 saturated heterocycles. The van der Waals surface area contributed by atoms with Crippen LogP contribution in [0.25, 0.3) is 0 Å². The Morgan fingerprint density at radius 3 is 2.58 bits per heavy atom. The molecule has 2 atom stereocenters. The molecule has 0 spiro atoms. The van der Waals surface area contributed by atoms with Crippen LogP contribution in [-0.4, -0.2) is 34.9 Å². The van der Waals surface area contributed by atoms with Crippen molar-refractivity contribution in [2.75, 3.05) is 6.61 Å². The summed E-state index contributed by atoms with van der Waals surface area (Å²) in [4.78, 5) is 22.2. The van der Waals surface area contributed by atoms with E-state index in [0.717, 1.165) is 10.0 Å². The zero-order chi connectivity index (χ0) is 14.4. The normalized spacial score (nSPS) is 13.4. The lowest BCUT2D eigenvalue weighted by molar-refractivity contribution is -0.140. The van der Waals surface area contributed by atoms with Gasteiger partial charge in [-0.1, -0.05) is 28.1 Å². The molecular weight excluding hydrogens is 316 g/mol. The Morgan fingerprint density at radius 1 is 1.37 bits per heavy atom. The van der Waals surface area contributed by atoms with Crippen LogP contribution in [0.2, 0.25) is 0 Å². The number of carbonyl (C=O) groups is 2. The third kappa shape index (κ3) is 4.88. The van der Waals surface area contributed by atoms with E-state index in [1.165, 1.54) is 0 Å². The first-order valence-electron chi connectivity index (χ1n) is 5.60. The number of hydrogen-bond donors (Lipinski definition) is 4. The Bertz CT molecular complexity index is 467. The molecule has 1 aromatic rings. The summed E-state index contributed by atoms with van der Waals surface area (Å²) in [6.45, 7) is 1.12. The highest BCUT2D eigenvalue weighted by atomic mass is 79.9. The zero-order valence-corrected chi connectivity index (χ0v) is 11.8. The molecule has 19 heavy (non-hydrogen) atoms. The van der Waals surface area contributed by atoms with E-state index < -0.39 is 24.6 Å². The summed E-state index contributed by atoms with van der Waals surface area (Å²) >= 11 is 3.33. The van der Waals surface area contributed by atoms with Crippen molar-refractivity contribution in [3.63, 3.8) is 0 Å². The third-order valence-electron chi connectivity index (χ3n) is 2.48. The van der Waals surface area contributed by atoms with Crippen LogP contribution in [0.3, 0.4) is 0 Å². The SMILES string of the molecule is CC(NC(=O)N[C@H](CO)C(=O)O)c1cccc(Br)c1. The summed E-state index contributed by atoms with van der Waals surface area (Å²) in [6.07, 6.45) is 0. The van der Waals surface area contributed by atoms with Crippen LogP contribution in [0, 0.1) is 0 Å². The van der Waals surface area contributed by atoms with Crippen molar-refractivity contribution in [2.45, 2.75) is 19.0 Å². The first-order chi connectivity index (χ1) is 8.93.